The Morgan fingerprint density at radius 3 is 2.55 bits per heavy atom. The van der Waals surface area contributed by atoms with Crippen molar-refractivity contribution in [2.75, 3.05) is 14.1 Å². The summed E-state index contributed by atoms with van der Waals surface area (Å²) in [5.41, 5.74) is 4.55. The summed E-state index contributed by atoms with van der Waals surface area (Å²) in [5.74, 6) is 4.61. The highest BCUT2D eigenvalue weighted by molar-refractivity contribution is 5.97. The van der Waals surface area contributed by atoms with Crippen molar-refractivity contribution in [2.24, 2.45) is 7.05 Å². The second-order valence-corrected chi connectivity index (χ2v) is 11.1. The van der Waals surface area contributed by atoms with E-state index < -0.39 is 17.2 Å². The lowest BCUT2D eigenvalue weighted by molar-refractivity contribution is 0.0982. The average molecular weight is 594 g/mol. The van der Waals surface area contributed by atoms with Gasteiger partial charge in [-0.1, -0.05) is 42.2 Å². The minimum absolute atomic E-state index is 0.0115. The molecule has 0 amide bonds. The van der Waals surface area contributed by atoms with E-state index in [1.807, 2.05) is 32.3 Å². The highest BCUT2D eigenvalue weighted by Gasteiger charge is 2.21. The number of aromatic nitrogens is 4. The number of benzene rings is 3. The summed E-state index contributed by atoms with van der Waals surface area (Å²) in [4.78, 5) is 37.5. The van der Waals surface area contributed by atoms with Gasteiger partial charge in [-0.2, -0.15) is 0 Å². The molecule has 0 N–H and O–H groups in total. The summed E-state index contributed by atoms with van der Waals surface area (Å²) in [7, 11) is 5.75. The lowest BCUT2D eigenvalue weighted by Gasteiger charge is -2.10. The maximum atomic E-state index is 13.7. The fourth-order valence-electron chi connectivity index (χ4n) is 5.16. The molecule has 0 aliphatic rings. The third-order valence-corrected chi connectivity index (χ3v) is 7.44. The molecule has 0 saturated heterocycles. The van der Waals surface area contributed by atoms with Crippen molar-refractivity contribution in [3.63, 3.8) is 0 Å². The number of ketones is 1. The van der Waals surface area contributed by atoms with Gasteiger partial charge < -0.3 is 4.90 Å². The average Bonchev–Trinajstić information content (AvgIpc) is 3.19. The molecule has 44 heavy (non-hydrogen) atoms. The highest BCUT2D eigenvalue weighted by Crippen LogP contribution is 2.17. The number of hydrogen-bond donors (Lipinski definition) is 0. The Morgan fingerprint density at radius 1 is 0.977 bits per heavy atom. The summed E-state index contributed by atoms with van der Waals surface area (Å²) in [5, 5.41) is 0.875. The van der Waals surface area contributed by atoms with Crippen LogP contribution in [0, 0.1) is 30.4 Å². The molecule has 0 atom stereocenters. The summed E-state index contributed by atoms with van der Waals surface area (Å²) < 4.78 is 29.9. The molecule has 5 rings (SSSR count). The molecule has 0 spiro atoms. The Labute approximate surface area is 254 Å². The van der Waals surface area contributed by atoms with E-state index in [9.17, 15) is 18.4 Å². The molecule has 0 aliphatic carbocycles. The van der Waals surface area contributed by atoms with Crippen LogP contribution in [-0.4, -0.2) is 44.1 Å². The summed E-state index contributed by atoms with van der Waals surface area (Å²) >= 11 is 0. The zero-order valence-corrected chi connectivity index (χ0v) is 25.2. The normalized spacial score (nSPS) is 11.2. The Morgan fingerprint density at radius 2 is 1.77 bits per heavy atom. The van der Waals surface area contributed by atoms with Gasteiger partial charge in [-0.15, -0.1) is 0 Å². The van der Waals surface area contributed by atoms with Crippen LogP contribution < -0.4 is 5.56 Å². The van der Waals surface area contributed by atoms with Gasteiger partial charge >= 0.3 is 0 Å². The van der Waals surface area contributed by atoms with Gasteiger partial charge in [0.1, 0.15) is 11.4 Å². The van der Waals surface area contributed by atoms with Gasteiger partial charge in [0.05, 0.1) is 12.1 Å². The number of fused-ring (bicyclic) bond motifs is 1. The van der Waals surface area contributed by atoms with E-state index in [2.05, 4.69) is 46.0 Å². The first kappa shape index (κ1) is 30.5. The van der Waals surface area contributed by atoms with Crippen LogP contribution in [-0.2, 0) is 26.6 Å². The van der Waals surface area contributed by atoms with Crippen LogP contribution in [0.15, 0.2) is 71.7 Å². The van der Waals surface area contributed by atoms with Crippen LogP contribution in [0.3, 0.4) is 0 Å². The molecule has 5 aromatic rings. The van der Waals surface area contributed by atoms with E-state index in [4.69, 9.17) is 4.98 Å². The van der Waals surface area contributed by atoms with Crippen molar-refractivity contribution in [1.82, 2.24) is 24.2 Å². The predicted octanol–water partition coefficient (Wildman–Crippen LogP) is 5.43. The zero-order chi connectivity index (χ0) is 31.4. The number of Topliss-reactive ketones (excluding diaryl/α,β-unsaturated/α-hetero) is 1. The van der Waals surface area contributed by atoms with Crippen LogP contribution in [0.5, 0.6) is 0 Å². The van der Waals surface area contributed by atoms with Crippen LogP contribution in [0.2, 0.25) is 0 Å². The second kappa shape index (κ2) is 13.1. The van der Waals surface area contributed by atoms with Gasteiger partial charge in [0.25, 0.3) is 5.56 Å². The van der Waals surface area contributed by atoms with Crippen LogP contribution in [0.25, 0.3) is 10.9 Å². The number of hydrogen-bond acceptors (Lipinski definition) is 5. The van der Waals surface area contributed by atoms with Gasteiger partial charge in [-0.25, -0.2) is 23.4 Å². The summed E-state index contributed by atoms with van der Waals surface area (Å²) in [6, 6.07) is 17.6. The first-order chi connectivity index (χ1) is 21.1. The van der Waals surface area contributed by atoms with Gasteiger partial charge in [-0.3, -0.25) is 14.3 Å². The molecule has 0 unspecified atom stereocenters. The van der Waals surface area contributed by atoms with Crippen LogP contribution in [0.1, 0.15) is 57.0 Å². The molecule has 3 aromatic carbocycles. The number of halogens is 2. The van der Waals surface area contributed by atoms with Crippen LogP contribution >= 0.6 is 0 Å². The molecule has 2 aromatic heterocycles. The quantitative estimate of drug-likeness (QED) is 0.168. The summed E-state index contributed by atoms with van der Waals surface area (Å²) in [6.07, 6.45) is 2.80. The second-order valence-electron chi connectivity index (χ2n) is 11.1. The molecule has 0 aliphatic heterocycles. The standard InChI is InChI=1S/C35H33F2N5O2/c1-23-34(35(44)42(41(23)4)22-27-12-14-29(36)30(37)18-27)32(43)11-6-5-8-24-13-15-31-28(17-24)20-38-33(39-31)19-25-9-7-10-26(16-25)21-40(2)3/h7,9-10,12-18,20H,6,11,19,21-22H2,1-4H3. The SMILES string of the molecule is Cc1c(C(=O)CCC#Cc2ccc3nc(Cc4cccc(CN(C)C)c4)ncc3c2)c(=O)n(Cc2ccc(F)c(F)c2)n1C. The van der Waals surface area contributed by atoms with Crippen molar-refractivity contribution in [2.45, 2.75) is 39.3 Å². The fraction of sp³-hybridized carbons (Fsp3) is 0.257. The Balaban J connectivity index is 1.23. The van der Waals surface area contributed by atoms with E-state index in [-0.39, 0.29) is 30.7 Å². The van der Waals surface area contributed by atoms with E-state index in [0.717, 1.165) is 46.5 Å². The van der Waals surface area contributed by atoms with Crippen molar-refractivity contribution < 1.29 is 13.6 Å². The molecule has 0 fully saturated rings. The molecule has 7 nitrogen and oxygen atoms in total. The van der Waals surface area contributed by atoms with Crippen LogP contribution in [0.4, 0.5) is 8.78 Å². The Kier molecular flexibility index (Phi) is 9.12. The van der Waals surface area contributed by atoms with Gasteiger partial charge in [0.15, 0.2) is 17.4 Å². The largest absolute Gasteiger partial charge is 0.305 e. The van der Waals surface area contributed by atoms with E-state index in [1.54, 1.807) is 24.9 Å². The Hall–Kier alpha value is -4.94. The maximum Gasteiger partial charge on any atom is 0.278 e. The van der Waals surface area contributed by atoms with E-state index in [0.29, 0.717) is 17.7 Å². The molecule has 2 heterocycles. The highest BCUT2D eigenvalue weighted by atomic mass is 19.2. The van der Waals surface area contributed by atoms with E-state index >= 15 is 0 Å². The molecule has 0 saturated carbocycles. The number of rotatable bonds is 9. The topological polar surface area (TPSA) is 73.0 Å². The van der Waals surface area contributed by atoms with Crippen molar-refractivity contribution in [3.8, 4) is 11.8 Å². The third kappa shape index (κ3) is 6.99. The molecule has 0 bridgehead atoms. The number of carbonyl (C=O) groups is 1. The van der Waals surface area contributed by atoms with Crippen molar-refractivity contribution in [1.29, 1.82) is 0 Å². The van der Waals surface area contributed by atoms with Crippen molar-refractivity contribution in [3.05, 3.63) is 128 Å². The minimum Gasteiger partial charge on any atom is -0.305 e. The lowest BCUT2D eigenvalue weighted by atomic mass is 10.1. The van der Waals surface area contributed by atoms with Gasteiger partial charge in [0, 0.05) is 55.7 Å². The van der Waals surface area contributed by atoms with E-state index in [1.165, 1.54) is 16.3 Å². The number of nitrogens with zero attached hydrogens (tertiary/aromatic N) is 5. The fourth-order valence-corrected chi connectivity index (χ4v) is 5.16. The van der Waals surface area contributed by atoms with Crippen molar-refractivity contribution >= 4 is 16.7 Å². The molecular weight excluding hydrogens is 560 g/mol. The number of carbonyl (C=O) groups excluding carboxylic acids is 1. The smallest absolute Gasteiger partial charge is 0.278 e. The third-order valence-electron chi connectivity index (χ3n) is 7.44. The molecule has 9 heteroatoms. The first-order valence-electron chi connectivity index (χ1n) is 14.3. The predicted molar refractivity (Wildman–Crippen MR) is 166 cm³/mol. The molecule has 224 valence electrons. The maximum absolute atomic E-state index is 13.7. The lowest BCUT2D eigenvalue weighted by Crippen LogP contribution is -2.25. The Bertz CT molecular complexity index is 1980. The monoisotopic (exact) mass is 593 g/mol. The minimum atomic E-state index is -0.989. The first-order valence-corrected chi connectivity index (χ1v) is 14.3. The van der Waals surface area contributed by atoms with Gasteiger partial charge in [0.2, 0.25) is 0 Å². The summed E-state index contributed by atoms with van der Waals surface area (Å²) in [6.45, 7) is 2.57. The molecule has 0 radical (unpaired) electrons. The zero-order valence-electron chi connectivity index (χ0n) is 25.2. The van der Waals surface area contributed by atoms with Gasteiger partial charge in [-0.05, 0) is 68.0 Å². The molecular formula is C35H33F2N5O2.